The third-order valence-corrected chi connectivity index (χ3v) is 4.80. The van der Waals surface area contributed by atoms with Gasteiger partial charge in [-0.2, -0.15) is 0 Å². The first-order valence-corrected chi connectivity index (χ1v) is 7.65. The molecule has 104 valence electrons. The van der Waals surface area contributed by atoms with Gasteiger partial charge in [0, 0.05) is 45.3 Å². The maximum Gasteiger partial charge on any atom is 0.0829 e. The summed E-state index contributed by atoms with van der Waals surface area (Å²) in [5.41, 5.74) is 0. The van der Waals surface area contributed by atoms with Gasteiger partial charge in [-0.05, 0) is 25.9 Å². The van der Waals surface area contributed by atoms with Gasteiger partial charge in [-0.25, -0.2) is 0 Å². The minimum atomic E-state index is 0.437. The van der Waals surface area contributed by atoms with E-state index in [-0.39, 0.29) is 0 Å². The third kappa shape index (κ3) is 2.87. The molecule has 0 aromatic heterocycles. The zero-order valence-corrected chi connectivity index (χ0v) is 11.7. The van der Waals surface area contributed by atoms with Crippen LogP contribution in [-0.2, 0) is 4.74 Å². The SMILES string of the molecule is CCN1CCOC(CN2CCN3CCCC3C2)C1. The fraction of sp³-hybridized carbons (Fsp3) is 1.00. The lowest BCUT2D eigenvalue weighted by atomic mass is 10.1. The maximum absolute atomic E-state index is 5.93. The van der Waals surface area contributed by atoms with E-state index in [4.69, 9.17) is 4.74 Å². The van der Waals surface area contributed by atoms with Crippen molar-refractivity contribution in [3.63, 3.8) is 0 Å². The van der Waals surface area contributed by atoms with Gasteiger partial charge in [0.2, 0.25) is 0 Å². The summed E-state index contributed by atoms with van der Waals surface area (Å²) in [5.74, 6) is 0. The number of hydrogen-bond acceptors (Lipinski definition) is 4. The number of nitrogens with zero attached hydrogens (tertiary/aromatic N) is 3. The molecule has 0 amide bonds. The molecule has 3 aliphatic heterocycles. The van der Waals surface area contributed by atoms with Gasteiger partial charge >= 0.3 is 0 Å². The number of ether oxygens (including phenoxy) is 1. The smallest absolute Gasteiger partial charge is 0.0829 e. The van der Waals surface area contributed by atoms with Crippen LogP contribution >= 0.6 is 0 Å². The van der Waals surface area contributed by atoms with Crippen molar-refractivity contribution < 1.29 is 4.74 Å². The monoisotopic (exact) mass is 253 g/mol. The van der Waals surface area contributed by atoms with Crippen molar-refractivity contribution >= 4 is 0 Å². The van der Waals surface area contributed by atoms with Crippen molar-refractivity contribution in [1.29, 1.82) is 0 Å². The van der Waals surface area contributed by atoms with Gasteiger partial charge in [-0.15, -0.1) is 0 Å². The molecule has 4 heteroatoms. The summed E-state index contributed by atoms with van der Waals surface area (Å²) in [6, 6.07) is 0.838. The summed E-state index contributed by atoms with van der Waals surface area (Å²) in [5, 5.41) is 0. The lowest BCUT2D eigenvalue weighted by Crippen LogP contribution is -2.54. The molecule has 0 spiro atoms. The van der Waals surface area contributed by atoms with Crippen LogP contribution in [0.2, 0.25) is 0 Å². The molecule has 3 saturated heterocycles. The van der Waals surface area contributed by atoms with Gasteiger partial charge in [0.1, 0.15) is 0 Å². The summed E-state index contributed by atoms with van der Waals surface area (Å²) >= 11 is 0. The van der Waals surface area contributed by atoms with Crippen molar-refractivity contribution in [2.45, 2.75) is 31.9 Å². The van der Waals surface area contributed by atoms with E-state index in [0.717, 1.165) is 38.8 Å². The molecule has 3 heterocycles. The highest BCUT2D eigenvalue weighted by molar-refractivity contribution is 4.88. The van der Waals surface area contributed by atoms with Crippen molar-refractivity contribution in [3.05, 3.63) is 0 Å². The van der Waals surface area contributed by atoms with Crippen LogP contribution in [-0.4, -0.2) is 85.8 Å². The molecule has 3 rings (SSSR count). The van der Waals surface area contributed by atoms with Crippen molar-refractivity contribution in [2.75, 3.05) is 59.0 Å². The number of rotatable bonds is 3. The predicted molar refractivity (Wildman–Crippen MR) is 72.9 cm³/mol. The molecule has 2 unspecified atom stereocenters. The van der Waals surface area contributed by atoms with Crippen LogP contribution in [0.25, 0.3) is 0 Å². The fourth-order valence-corrected chi connectivity index (χ4v) is 3.69. The van der Waals surface area contributed by atoms with Gasteiger partial charge in [0.15, 0.2) is 0 Å². The van der Waals surface area contributed by atoms with E-state index in [1.165, 1.54) is 39.0 Å². The highest BCUT2D eigenvalue weighted by Crippen LogP contribution is 2.22. The molecular weight excluding hydrogens is 226 g/mol. The molecule has 18 heavy (non-hydrogen) atoms. The molecule has 3 fully saturated rings. The molecular formula is C14H27N3O. The first kappa shape index (κ1) is 12.9. The van der Waals surface area contributed by atoms with Gasteiger partial charge in [-0.1, -0.05) is 6.92 Å². The summed E-state index contributed by atoms with van der Waals surface area (Å²) in [7, 11) is 0. The number of likely N-dealkylation sites (N-methyl/N-ethyl adjacent to an activating group) is 1. The van der Waals surface area contributed by atoms with Gasteiger partial charge in [0.05, 0.1) is 12.7 Å². The molecule has 0 aliphatic carbocycles. The molecule has 0 saturated carbocycles. The summed E-state index contributed by atoms with van der Waals surface area (Å²) in [6.45, 7) is 12.8. The summed E-state index contributed by atoms with van der Waals surface area (Å²) < 4.78 is 5.93. The Bertz CT molecular complexity index is 274. The normalized spacial score (nSPS) is 35.8. The van der Waals surface area contributed by atoms with E-state index < -0.39 is 0 Å². The van der Waals surface area contributed by atoms with E-state index in [0.29, 0.717) is 6.10 Å². The molecule has 4 nitrogen and oxygen atoms in total. The van der Waals surface area contributed by atoms with Gasteiger partial charge in [0.25, 0.3) is 0 Å². The largest absolute Gasteiger partial charge is 0.374 e. The maximum atomic E-state index is 5.93. The van der Waals surface area contributed by atoms with E-state index in [1.54, 1.807) is 0 Å². The Morgan fingerprint density at radius 1 is 1.06 bits per heavy atom. The van der Waals surface area contributed by atoms with Crippen molar-refractivity contribution in [2.24, 2.45) is 0 Å². The predicted octanol–water partition coefficient (Wildman–Crippen LogP) is 0.487. The van der Waals surface area contributed by atoms with Crippen LogP contribution in [0.3, 0.4) is 0 Å². The molecule has 3 aliphatic rings. The topological polar surface area (TPSA) is 19.0 Å². The Hall–Kier alpha value is -0.160. The minimum absolute atomic E-state index is 0.437. The lowest BCUT2D eigenvalue weighted by molar-refractivity contribution is -0.0493. The summed E-state index contributed by atoms with van der Waals surface area (Å²) in [4.78, 5) is 7.83. The Labute approximate surface area is 111 Å². The Morgan fingerprint density at radius 2 is 2.00 bits per heavy atom. The molecule has 0 radical (unpaired) electrons. The van der Waals surface area contributed by atoms with Crippen molar-refractivity contribution in [3.8, 4) is 0 Å². The second kappa shape index (κ2) is 5.87. The van der Waals surface area contributed by atoms with E-state index in [1.807, 2.05) is 0 Å². The van der Waals surface area contributed by atoms with Crippen LogP contribution in [0.15, 0.2) is 0 Å². The highest BCUT2D eigenvalue weighted by atomic mass is 16.5. The number of fused-ring (bicyclic) bond motifs is 1. The van der Waals surface area contributed by atoms with Gasteiger partial charge < -0.3 is 4.74 Å². The average molecular weight is 253 g/mol. The van der Waals surface area contributed by atoms with E-state index in [9.17, 15) is 0 Å². The number of morpholine rings is 1. The van der Waals surface area contributed by atoms with E-state index in [2.05, 4.69) is 21.6 Å². The Kier molecular flexibility index (Phi) is 4.19. The molecule has 0 bridgehead atoms. The average Bonchev–Trinajstić information content (AvgIpc) is 2.86. The molecule has 2 atom stereocenters. The van der Waals surface area contributed by atoms with Crippen LogP contribution in [0.4, 0.5) is 0 Å². The van der Waals surface area contributed by atoms with Gasteiger partial charge in [-0.3, -0.25) is 14.7 Å². The Morgan fingerprint density at radius 3 is 2.89 bits per heavy atom. The first-order chi connectivity index (χ1) is 8.85. The fourth-order valence-electron chi connectivity index (χ4n) is 3.69. The Balaban J connectivity index is 1.47. The highest BCUT2D eigenvalue weighted by Gasteiger charge is 2.32. The second-order valence-corrected chi connectivity index (χ2v) is 5.98. The number of hydrogen-bond donors (Lipinski definition) is 0. The van der Waals surface area contributed by atoms with Crippen LogP contribution in [0, 0.1) is 0 Å². The minimum Gasteiger partial charge on any atom is -0.374 e. The quantitative estimate of drug-likeness (QED) is 0.728. The third-order valence-electron chi connectivity index (χ3n) is 4.80. The first-order valence-electron chi connectivity index (χ1n) is 7.65. The molecule has 0 aromatic carbocycles. The van der Waals surface area contributed by atoms with Crippen molar-refractivity contribution in [1.82, 2.24) is 14.7 Å². The zero-order chi connectivity index (χ0) is 12.4. The zero-order valence-electron chi connectivity index (χ0n) is 11.7. The molecule has 0 aromatic rings. The second-order valence-electron chi connectivity index (χ2n) is 5.98. The van der Waals surface area contributed by atoms with Crippen LogP contribution in [0.1, 0.15) is 19.8 Å². The van der Waals surface area contributed by atoms with Crippen LogP contribution < -0.4 is 0 Å². The van der Waals surface area contributed by atoms with E-state index >= 15 is 0 Å². The molecule has 0 N–H and O–H groups in total. The lowest BCUT2D eigenvalue weighted by Gasteiger charge is -2.40. The number of piperazine rings is 1. The summed E-state index contributed by atoms with van der Waals surface area (Å²) in [6.07, 6.45) is 3.25. The standard InChI is InChI=1S/C14H27N3O/c1-2-15-8-9-18-14(11-15)12-16-6-7-17-5-3-4-13(17)10-16/h13-14H,2-12H2,1H3. The van der Waals surface area contributed by atoms with Crippen LogP contribution in [0.5, 0.6) is 0 Å².